The lowest BCUT2D eigenvalue weighted by Crippen LogP contribution is -2.55. The van der Waals surface area contributed by atoms with E-state index in [1.54, 1.807) is 0 Å². The van der Waals surface area contributed by atoms with Gasteiger partial charge in [-0.1, -0.05) is 19.9 Å². The molecule has 19 heavy (non-hydrogen) atoms. The van der Waals surface area contributed by atoms with Crippen molar-refractivity contribution in [1.29, 1.82) is 0 Å². The van der Waals surface area contributed by atoms with E-state index < -0.39 is 0 Å². The number of hydrogen-bond donors (Lipinski definition) is 1. The Kier molecular flexibility index (Phi) is 4.38. The van der Waals surface area contributed by atoms with Crippen LogP contribution in [0.2, 0.25) is 0 Å². The second-order valence-corrected chi connectivity index (χ2v) is 7.87. The van der Waals surface area contributed by atoms with Crippen LogP contribution in [-0.2, 0) is 0 Å². The van der Waals surface area contributed by atoms with E-state index in [4.69, 9.17) is 5.73 Å². The number of thiophene rings is 1. The van der Waals surface area contributed by atoms with Crippen molar-refractivity contribution < 1.29 is 0 Å². The van der Waals surface area contributed by atoms with Gasteiger partial charge in [-0.05, 0) is 56.5 Å². The van der Waals surface area contributed by atoms with Crippen molar-refractivity contribution in [3.63, 3.8) is 0 Å². The summed E-state index contributed by atoms with van der Waals surface area (Å²) >= 11 is 1.85. The van der Waals surface area contributed by atoms with Gasteiger partial charge in [0.05, 0.1) is 0 Å². The molecule has 0 amide bonds. The van der Waals surface area contributed by atoms with Crippen LogP contribution in [0.15, 0.2) is 17.5 Å². The predicted octanol–water partition coefficient (Wildman–Crippen LogP) is 4.04. The molecule has 0 aromatic carbocycles. The molecule has 1 aliphatic carbocycles. The van der Waals surface area contributed by atoms with Crippen LogP contribution in [0.5, 0.6) is 0 Å². The third kappa shape index (κ3) is 3.04. The van der Waals surface area contributed by atoms with Gasteiger partial charge in [0, 0.05) is 23.0 Å². The Bertz CT molecular complexity index is 387. The molecule has 2 N–H and O–H groups in total. The minimum absolute atomic E-state index is 0.193. The van der Waals surface area contributed by atoms with Crippen LogP contribution in [0.1, 0.15) is 57.4 Å². The van der Waals surface area contributed by atoms with Gasteiger partial charge < -0.3 is 5.73 Å². The average molecular weight is 280 g/mol. The highest BCUT2D eigenvalue weighted by molar-refractivity contribution is 7.10. The third-order valence-corrected chi connectivity index (χ3v) is 6.24. The fourth-order valence-electron chi connectivity index (χ4n) is 3.22. The molecule has 2 nitrogen and oxygen atoms in total. The summed E-state index contributed by atoms with van der Waals surface area (Å²) in [6.45, 7) is 7.85. The molecule has 1 fully saturated rings. The molecular formula is C16H28N2S. The lowest BCUT2D eigenvalue weighted by molar-refractivity contribution is 0.0176. The van der Waals surface area contributed by atoms with Gasteiger partial charge in [-0.2, -0.15) is 0 Å². The van der Waals surface area contributed by atoms with Crippen LogP contribution in [0.4, 0.5) is 0 Å². The molecule has 0 spiro atoms. The van der Waals surface area contributed by atoms with E-state index in [9.17, 15) is 0 Å². The Morgan fingerprint density at radius 1 is 1.32 bits per heavy atom. The van der Waals surface area contributed by atoms with Crippen molar-refractivity contribution in [3.8, 4) is 0 Å². The van der Waals surface area contributed by atoms with Gasteiger partial charge in [-0.3, -0.25) is 4.90 Å². The van der Waals surface area contributed by atoms with Crippen molar-refractivity contribution in [3.05, 3.63) is 22.4 Å². The average Bonchev–Trinajstić information content (AvgIpc) is 2.92. The maximum Gasteiger partial charge on any atom is 0.0416 e. The van der Waals surface area contributed by atoms with Gasteiger partial charge in [0.25, 0.3) is 0 Å². The van der Waals surface area contributed by atoms with Crippen LogP contribution >= 0.6 is 11.3 Å². The van der Waals surface area contributed by atoms with Crippen molar-refractivity contribution in [1.82, 2.24) is 4.90 Å². The fourth-order valence-corrected chi connectivity index (χ4v) is 4.05. The van der Waals surface area contributed by atoms with Gasteiger partial charge in [0.15, 0.2) is 0 Å². The summed E-state index contributed by atoms with van der Waals surface area (Å²) in [6.07, 6.45) is 5.02. The highest BCUT2D eigenvalue weighted by Gasteiger charge is 2.41. The summed E-state index contributed by atoms with van der Waals surface area (Å²) in [6, 6.07) is 4.84. The summed E-state index contributed by atoms with van der Waals surface area (Å²) < 4.78 is 0. The van der Waals surface area contributed by atoms with Crippen LogP contribution < -0.4 is 5.73 Å². The quantitative estimate of drug-likeness (QED) is 0.902. The Morgan fingerprint density at radius 3 is 2.42 bits per heavy atom. The molecule has 1 unspecified atom stereocenters. The summed E-state index contributed by atoms with van der Waals surface area (Å²) in [7, 11) is 2.26. The van der Waals surface area contributed by atoms with Crippen LogP contribution in [0, 0.1) is 5.41 Å². The zero-order valence-electron chi connectivity index (χ0n) is 12.8. The van der Waals surface area contributed by atoms with Crippen LogP contribution in [0.25, 0.3) is 0 Å². The molecule has 0 radical (unpaired) electrons. The maximum absolute atomic E-state index is 6.18. The lowest BCUT2D eigenvalue weighted by atomic mass is 9.68. The first-order valence-electron chi connectivity index (χ1n) is 7.37. The topological polar surface area (TPSA) is 29.3 Å². The van der Waals surface area contributed by atoms with Gasteiger partial charge in [0.1, 0.15) is 0 Å². The Hall–Kier alpha value is -0.380. The van der Waals surface area contributed by atoms with E-state index in [0.29, 0.717) is 11.5 Å². The number of nitrogens with two attached hydrogens (primary N) is 1. The smallest absolute Gasteiger partial charge is 0.0416 e. The standard InChI is InChI=1S/C16H28N2S/c1-13(14-6-5-11-19-14)18(4)16(12-17)9-7-15(2,3)8-10-16/h5-6,11,13H,7-10,12,17H2,1-4H3. The summed E-state index contributed by atoms with van der Waals surface area (Å²) in [5, 5.41) is 2.17. The molecule has 108 valence electrons. The first kappa shape index (κ1) is 15.0. The molecular weight excluding hydrogens is 252 g/mol. The Labute approximate surface area is 122 Å². The molecule has 1 heterocycles. The molecule has 0 saturated heterocycles. The van der Waals surface area contributed by atoms with E-state index in [-0.39, 0.29) is 5.54 Å². The number of rotatable bonds is 4. The van der Waals surface area contributed by atoms with Gasteiger partial charge in [-0.15, -0.1) is 11.3 Å². The number of hydrogen-bond acceptors (Lipinski definition) is 3. The van der Waals surface area contributed by atoms with Crippen molar-refractivity contribution in [2.24, 2.45) is 11.1 Å². The monoisotopic (exact) mass is 280 g/mol. The highest BCUT2D eigenvalue weighted by atomic mass is 32.1. The van der Waals surface area contributed by atoms with Crippen LogP contribution in [0.3, 0.4) is 0 Å². The van der Waals surface area contributed by atoms with Gasteiger partial charge in [0.2, 0.25) is 0 Å². The molecule has 1 aromatic rings. The third-order valence-electron chi connectivity index (χ3n) is 5.20. The first-order chi connectivity index (χ1) is 8.90. The second-order valence-electron chi connectivity index (χ2n) is 6.89. The number of likely N-dealkylation sites (N-methyl/N-ethyl adjacent to an activating group) is 1. The molecule has 0 bridgehead atoms. The summed E-state index contributed by atoms with van der Waals surface area (Å²) in [5.74, 6) is 0. The van der Waals surface area contributed by atoms with E-state index in [1.807, 2.05) is 11.3 Å². The van der Waals surface area contributed by atoms with Gasteiger partial charge in [-0.25, -0.2) is 0 Å². The largest absolute Gasteiger partial charge is 0.329 e. The summed E-state index contributed by atoms with van der Waals surface area (Å²) in [4.78, 5) is 3.98. The molecule has 1 aromatic heterocycles. The van der Waals surface area contributed by atoms with E-state index in [2.05, 4.69) is 50.2 Å². The van der Waals surface area contributed by atoms with E-state index in [0.717, 1.165) is 6.54 Å². The normalized spacial score (nSPS) is 23.5. The van der Waals surface area contributed by atoms with Crippen molar-refractivity contribution >= 4 is 11.3 Å². The highest BCUT2D eigenvalue weighted by Crippen LogP contribution is 2.44. The van der Waals surface area contributed by atoms with Gasteiger partial charge >= 0.3 is 0 Å². The first-order valence-corrected chi connectivity index (χ1v) is 8.25. The molecule has 1 aliphatic rings. The molecule has 3 heteroatoms. The minimum atomic E-state index is 0.193. The predicted molar refractivity (Wildman–Crippen MR) is 84.5 cm³/mol. The Morgan fingerprint density at radius 2 is 1.95 bits per heavy atom. The minimum Gasteiger partial charge on any atom is -0.329 e. The molecule has 2 rings (SSSR count). The molecule has 1 atom stereocenters. The SMILES string of the molecule is CC(c1cccs1)N(C)C1(CN)CCC(C)(C)CC1. The zero-order chi connectivity index (χ0) is 14.1. The fraction of sp³-hybridized carbons (Fsp3) is 0.750. The molecule has 0 aliphatic heterocycles. The van der Waals surface area contributed by atoms with E-state index in [1.165, 1.54) is 30.6 Å². The second kappa shape index (κ2) is 5.55. The van der Waals surface area contributed by atoms with Crippen molar-refractivity contribution in [2.45, 2.75) is 58.0 Å². The number of nitrogens with zero attached hydrogens (tertiary/aromatic N) is 1. The van der Waals surface area contributed by atoms with E-state index >= 15 is 0 Å². The molecule has 1 saturated carbocycles. The summed E-state index contributed by atoms with van der Waals surface area (Å²) in [5.41, 5.74) is 6.87. The maximum atomic E-state index is 6.18. The van der Waals surface area contributed by atoms with Crippen molar-refractivity contribution in [2.75, 3.05) is 13.6 Å². The zero-order valence-corrected chi connectivity index (χ0v) is 13.6. The Balaban J connectivity index is 2.13. The lowest BCUT2D eigenvalue weighted by Gasteiger charge is -2.50. The van der Waals surface area contributed by atoms with Crippen LogP contribution in [-0.4, -0.2) is 24.0 Å².